The zero-order chi connectivity index (χ0) is 19.2. The molecule has 9 heteroatoms. The number of rotatable bonds is 8. The second-order valence-corrected chi connectivity index (χ2v) is 6.33. The first-order valence-corrected chi connectivity index (χ1v) is 8.95. The fraction of sp³-hybridized carbons (Fsp3) is 0.222. The minimum atomic E-state index is -0.0447. The van der Waals surface area contributed by atoms with Crippen molar-refractivity contribution < 1.29 is 19.0 Å². The summed E-state index contributed by atoms with van der Waals surface area (Å²) >= 11 is 1.25. The van der Waals surface area contributed by atoms with Crippen LogP contribution in [0.15, 0.2) is 47.6 Å². The van der Waals surface area contributed by atoms with Gasteiger partial charge >= 0.3 is 0 Å². The lowest BCUT2D eigenvalue weighted by atomic mass is 10.1. The molecule has 140 valence electrons. The van der Waals surface area contributed by atoms with Crippen molar-refractivity contribution in [1.29, 1.82) is 0 Å². The summed E-state index contributed by atoms with van der Waals surface area (Å²) in [6, 6.07) is 12.4. The molecule has 0 unspecified atom stereocenters. The average Bonchev–Trinajstić information content (AvgIpc) is 3.20. The minimum absolute atomic E-state index is 0.0447. The summed E-state index contributed by atoms with van der Waals surface area (Å²) in [6.45, 7) is 0. The number of carbonyl (C=O) groups excluding carboxylic acids is 1. The van der Waals surface area contributed by atoms with Crippen molar-refractivity contribution in [3.8, 4) is 22.9 Å². The Balaban J connectivity index is 1.78. The number of benzene rings is 2. The van der Waals surface area contributed by atoms with Crippen LogP contribution in [0.2, 0.25) is 0 Å². The highest BCUT2D eigenvalue weighted by Crippen LogP contribution is 2.27. The van der Waals surface area contributed by atoms with Gasteiger partial charge in [-0.1, -0.05) is 23.9 Å². The van der Waals surface area contributed by atoms with Gasteiger partial charge in [0.25, 0.3) is 0 Å². The first-order valence-electron chi connectivity index (χ1n) is 7.96. The van der Waals surface area contributed by atoms with Gasteiger partial charge in [0, 0.05) is 23.8 Å². The maximum atomic E-state index is 12.5. The molecule has 0 aliphatic rings. The van der Waals surface area contributed by atoms with Crippen LogP contribution >= 0.6 is 11.8 Å². The van der Waals surface area contributed by atoms with Crippen LogP contribution < -0.4 is 14.2 Å². The highest BCUT2D eigenvalue weighted by Gasteiger charge is 2.15. The number of carbonyl (C=O) groups is 1. The van der Waals surface area contributed by atoms with E-state index < -0.39 is 0 Å². The Bertz CT molecular complexity index is 922. The van der Waals surface area contributed by atoms with Crippen LogP contribution in [0.25, 0.3) is 5.69 Å². The first-order chi connectivity index (χ1) is 13.1. The molecule has 27 heavy (non-hydrogen) atoms. The van der Waals surface area contributed by atoms with E-state index in [0.29, 0.717) is 33.7 Å². The molecule has 0 amide bonds. The largest absolute Gasteiger partial charge is 0.497 e. The third-order valence-corrected chi connectivity index (χ3v) is 4.67. The van der Waals surface area contributed by atoms with E-state index in [1.807, 2.05) is 0 Å². The Hall–Kier alpha value is -3.07. The number of Topliss-reactive ketones (excluding diaryl/α,β-unsaturated/α-hetero) is 1. The summed E-state index contributed by atoms with van der Waals surface area (Å²) in [5, 5.41) is 12.2. The zero-order valence-electron chi connectivity index (χ0n) is 15.1. The quantitative estimate of drug-likeness (QED) is 0.431. The molecule has 3 aromatic rings. The van der Waals surface area contributed by atoms with Gasteiger partial charge in [-0.15, -0.1) is 5.10 Å². The van der Waals surface area contributed by atoms with Crippen LogP contribution in [0, 0.1) is 0 Å². The minimum Gasteiger partial charge on any atom is -0.497 e. The number of methoxy groups -OCH3 is 3. The highest BCUT2D eigenvalue weighted by molar-refractivity contribution is 7.99. The van der Waals surface area contributed by atoms with Crippen LogP contribution in [0.3, 0.4) is 0 Å². The molecule has 0 aliphatic heterocycles. The van der Waals surface area contributed by atoms with E-state index in [1.54, 1.807) is 63.8 Å². The number of tetrazole rings is 1. The molecule has 3 rings (SSSR count). The Labute approximate surface area is 160 Å². The van der Waals surface area contributed by atoms with E-state index in [-0.39, 0.29) is 11.5 Å². The number of hydrogen-bond donors (Lipinski definition) is 0. The Morgan fingerprint density at radius 3 is 2.37 bits per heavy atom. The number of hydrogen-bond acceptors (Lipinski definition) is 8. The molecule has 0 spiro atoms. The van der Waals surface area contributed by atoms with Gasteiger partial charge in [-0.3, -0.25) is 4.79 Å². The van der Waals surface area contributed by atoms with Gasteiger partial charge in [0.05, 0.1) is 32.8 Å². The highest BCUT2D eigenvalue weighted by atomic mass is 32.2. The zero-order valence-corrected chi connectivity index (χ0v) is 15.9. The lowest BCUT2D eigenvalue weighted by molar-refractivity contribution is 0.102. The average molecular weight is 386 g/mol. The van der Waals surface area contributed by atoms with Gasteiger partial charge < -0.3 is 14.2 Å². The van der Waals surface area contributed by atoms with Crippen molar-refractivity contribution in [2.75, 3.05) is 27.1 Å². The van der Waals surface area contributed by atoms with Gasteiger partial charge in [0.2, 0.25) is 5.16 Å². The fourth-order valence-corrected chi connectivity index (χ4v) is 3.14. The van der Waals surface area contributed by atoms with Crippen molar-refractivity contribution in [3.05, 3.63) is 48.0 Å². The molecular weight excluding hydrogens is 368 g/mol. The lowest BCUT2D eigenvalue weighted by Gasteiger charge is -2.09. The summed E-state index contributed by atoms with van der Waals surface area (Å²) in [6.07, 6.45) is 0. The number of aromatic nitrogens is 4. The Morgan fingerprint density at radius 1 is 1.00 bits per heavy atom. The van der Waals surface area contributed by atoms with Crippen molar-refractivity contribution in [1.82, 2.24) is 20.2 Å². The number of nitrogens with zero attached hydrogens (tertiary/aromatic N) is 4. The molecule has 0 aliphatic carbocycles. The molecular formula is C18H18N4O4S. The van der Waals surface area contributed by atoms with Crippen molar-refractivity contribution in [2.24, 2.45) is 0 Å². The molecule has 0 radical (unpaired) electrons. The first kappa shape index (κ1) is 18.7. The SMILES string of the molecule is COc1cccc(C(=O)CSc2nnnn2-c2cc(OC)cc(OC)c2)c1. The van der Waals surface area contributed by atoms with Gasteiger partial charge in [0.1, 0.15) is 17.2 Å². The fourth-order valence-electron chi connectivity index (χ4n) is 2.36. The van der Waals surface area contributed by atoms with Crippen LogP contribution in [0.1, 0.15) is 10.4 Å². The molecule has 0 atom stereocenters. The van der Waals surface area contributed by atoms with Gasteiger partial charge in [0.15, 0.2) is 5.78 Å². The molecule has 0 N–H and O–H groups in total. The maximum absolute atomic E-state index is 12.5. The topological polar surface area (TPSA) is 88.4 Å². The standard InChI is InChI=1S/C18H18N4O4S/c1-24-14-6-4-5-12(7-14)17(23)11-27-18-19-20-21-22(18)13-8-15(25-2)10-16(9-13)26-3/h4-10H,11H2,1-3H3. The normalized spacial score (nSPS) is 10.5. The molecule has 0 bridgehead atoms. The molecule has 0 saturated heterocycles. The van der Waals surface area contributed by atoms with Crippen molar-refractivity contribution in [3.63, 3.8) is 0 Å². The summed E-state index contributed by atoms with van der Waals surface area (Å²) < 4.78 is 17.2. The molecule has 1 aromatic heterocycles. The van der Waals surface area contributed by atoms with E-state index in [2.05, 4.69) is 15.5 Å². The predicted octanol–water partition coefficient (Wildman–Crippen LogP) is 2.66. The Kier molecular flexibility index (Phi) is 5.92. The third-order valence-electron chi connectivity index (χ3n) is 3.75. The van der Waals surface area contributed by atoms with Crippen LogP contribution in [0.4, 0.5) is 0 Å². The smallest absolute Gasteiger partial charge is 0.214 e. The molecule has 0 fully saturated rings. The Morgan fingerprint density at radius 2 is 1.70 bits per heavy atom. The van der Waals surface area contributed by atoms with E-state index in [9.17, 15) is 4.79 Å². The second-order valence-electron chi connectivity index (χ2n) is 5.39. The van der Waals surface area contributed by atoms with Crippen LogP contribution in [0.5, 0.6) is 17.2 Å². The van der Waals surface area contributed by atoms with E-state index in [1.165, 1.54) is 16.4 Å². The summed E-state index contributed by atoms with van der Waals surface area (Å²) in [4.78, 5) is 12.5. The lowest BCUT2D eigenvalue weighted by Crippen LogP contribution is -2.05. The molecule has 8 nitrogen and oxygen atoms in total. The number of thioether (sulfide) groups is 1. The van der Waals surface area contributed by atoms with Crippen LogP contribution in [-0.2, 0) is 0 Å². The molecule has 0 saturated carbocycles. The monoisotopic (exact) mass is 386 g/mol. The maximum Gasteiger partial charge on any atom is 0.214 e. The molecule has 1 heterocycles. The van der Waals surface area contributed by atoms with E-state index in [4.69, 9.17) is 14.2 Å². The van der Waals surface area contributed by atoms with E-state index in [0.717, 1.165) is 0 Å². The van der Waals surface area contributed by atoms with Crippen molar-refractivity contribution >= 4 is 17.5 Å². The third kappa shape index (κ3) is 4.37. The van der Waals surface area contributed by atoms with Gasteiger partial charge in [-0.25, -0.2) is 0 Å². The number of ketones is 1. The summed E-state index contributed by atoms with van der Waals surface area (Å²) in [5.41, 5.74) is 1.25. The predicted molar refractivity (Wildman–Crippen MR) is 100 cm³/mol. The van der Waals surface area contributed by atoms with Gasteiger partial charge in [-0.2, -0.15) is 4.68 Å². The van der Waals surface area contributed by atoms with Crippen LogP contribution in [-0.4, -0.2) is 53.1 Å². The summed E-state index contributed by atoms with van der Waals surface area (Å²) in [7, 11) is 4.70. The van der Waals surface area contributed by atoms with E-state index >= 15 is 0 Å². The molecule has 2 aromatic carbocycles. The van der Waals surface area contributed by atoms with Gasteiger partial charge in [-0.05, 0) is 22.6 Å². The van der Waals surface area contributed by atoms with Crippen molar-refractivity contribution in [2.45, 2.75) is 5.16 Å². The summed E-state index contributed by atoms with van der Waals surface area (Å²) in [5.74, 6) is 2.01. The second kappa shape index (κ2) is 8.54. The number of ether oxygens (including phenoxy) is 3.